The average molecular weight is 358 g/mol. The third-order valence-corrected chi connectivity index (χ3v) is 4.21. The van der Waals surface area contributed by atoms with E-state index in [0.29, 0.717) is 22.4 Å². The quantitative estimate of drug-likeness (QED) is 0.713. The molecule has 0 aliphatic rings. The van der Waals surface area contributed by atoms with Crippen LogP contribution in [-0.4, -0.2) is 17.6 Å². The van der Waals surface area contributed by atoms with Crippen molar-refractivity contribution in [1.29, 1.82) is 5.26 Å². The molecule has 1 heterocycles. The van der Waals surface area contributed by atoms with Gasteiger partial charge in [-0.25, -0.2) is 4.79 Å². The van der Waals surface area contributed by atoms with Gasteiger partial charge in [0.2, 0.25) is 0 Å². The summed E-state index contributed by atoms with van der Waals surface area (Å²) >= 11 is 0. The van der Waals surface area contributed by atoms with Crippen molar-refractivity contribution in [3.05, 3.63) is 81.6 Å². The topological polar surface area (TPSA) is 83.0 Å². The number of benzene rings is 2. The van der Waals surface area contributed by atoms with E-state index in [9.17, 15) is 14.9 Å². The molecule has 3 rings (SSSR count). The van der Waals surface area contributed by atoms with Crippen LogP contribution in [0, 0.1) is 18.3 Å². The van der Waals surface area contributed by atoms with Gasteiger partial charge in [-0.3, -0.25) is 4.79 Å². The number of aromatic amines is 1. The number of esters is 1. The first-order valence-electron chi connectivity index (χ1n) is 8.56. The number of pyridine rings is 1. The monoisotopic (exact) mass is 358 g/mol. The number of aryl methyl sites for hydroxylation is 1. The van der Waals surface area contributed by atoms with E-state index < -0.39 is 11.5 Å². The minimum Gasteiger partial charge on any atom is -0.462 e. The predicted octanol–water partition coefficient (Wildman–Crippen LogP) is 4.07. The van der Waals surface area contributed by atoms with Crippen LogP contribution in [-0.2, 0) is 4.74 Å². The van der Waals surface area contributed by atoms with Crippen molar-refractivity contribution in [3.8, 4) is 28.5 Å². The molecule has 0 amide bonds. The number of carbonyl (C=O) groups is 1. The van der Waals surface area contributed by atoms with E-state index in [2.05, 4.69) is 4.98 Å². The Labute approximate surface area is 156 Å². The highest BCUT2D eigenvalue weighted by atomic mass is 16.5. The number of nitrogens with zero attached hydrogens (tertiary/aromatic N) is 1. The van der Waals surface area contributed by atoms with E-state index in [1.165, 1.54) is 0 Å². The molecule has 0 radical (unpaired) electrons. The van der Waals surface area contributed by atoms with Crippen molar-refractivity contribution < 1.29 is 9.53 Å². The van der Waals surface area contributed by atoms with Gasteiger partial charge in [-0.15, -0.1) is 0 Å². The minimum atomic E-state index is -0.584. The van der Waals surface area contributed by atoms with Crippen LogP contribution in [0.25, 0.3) is 22.4 Å². The lowest BCUT2D eigenvalue weighted by Crippen LogP contribution is -2.20. The van der Waals surface area contributed by atoms with Crippen molar-refractivity contribution in [3.63, 3.8) is 0 Å². The zero-order chi connectivity index (χ0) is 19.4. The second kappa shape index (κ2) is 7.71. The number of rotatable bonds is 4. The molecule has 0 spiro atoms. The summed E-state index contributed by atoms with van der Waals surface area (Å²) in [5.41, 5.74) is 2.47. The molecule has 0 unspecified atom stereocenters. The van der Waals surface area contributed by atoms with Gasteiger partial charge in [-0.1, -0.05) is 60.2 Å². The third kappa shape index (κ3) is 3.51. The summed E-state index contributed by atoms with van der Waals surface area (Å²) in [5.74, 6) is -0.584. The fourth-order valence-corrected chi connectivity index (χ4v) is 2.95. The first-order valence-corrected chi connectivity index (χ1v) is 8.56. The molecular weight excluding hydrogens is 340 g/mol. The molecule has 27 heavy (non-hydrogen) atoms. The number of hydrogen-bond donors (Lipinski definition) is 1. The molecule has 1 aromatic heterocycles. The summed E-state index contributed by atoms with van der Waals surface area (Å²) in [4.78, 5) is 28.1. The third-order valence-electron chi connectivity index (χ3n) is 4.21. The first-order chi connectivity index (χ1) is 13.1. The van der Waals surface area contributed by atoms with Crippen LogP contribution in [0.3, 0.4) is 0 Å². The molecule has 0 saturated carbocycles. The standard InChI is InChI=1S/C22H18N2O3/c1-3-27-22(26)19-18(15-11-9-14(2)10-12-15)17(13-23)21(25)24-20(19)16-7-5-4-6-8-16/h4-12H,3H2,1-2H3,(H,24,25). The largest absolute Gasteiger partial charge is 0.462 e. The van der Waals surface area contributed by atoms with Crippen molar-refractivity contribution >= 4 is 5.97 Å². The predicted molar refractivity (Wildman–Crippen MR) is 103 cm³/mol. The highest BCUT2D eigenvalue weighted by Gasteiger charge is 2.25. The molecule has 0 aliphatic heterocycles. The minimum absolute atomic E-state index is 0.110. The van der Waals surface area contributed by atoms with Crippen LogP contribution < -0.4 is 5.56 Å². The first kappa shape index (κ1) is 18.2. The average Bonchev–Trinajstić information content (AvgIpc) is 2.68. The number of nitrogens with one attached hydrogen (secondary N) is 1. The Balaban J connectivity index is 2.43. The van der Waals surface area contributed by atoms with Gasteiger partial charge in [-0.05, 0) is 25.0 Å². The fraction of sp³-hybridized carbons (Fsp3) is 0.136. The summed E-state index contributed by atoms with van der Waals surface area (Å²) in [6.07, 6.45) is 0. The van der Waals surface area contributed by atoms with Crippen LogP contribution in [0.15, 0.2) is 59.4 Å². The number of carbonyl (C=O) groups excluding carboxylic acids is 1. The number of aromatic nitrogens is 1. The summed E-state index contributed by atoms with van der Waals surface area (Å²) in [5, 5.41) is 9.59. The molecule has 2 aromatic carbocycles. The van der Waals surface area contributed by atoms with Gasteiger partial charge in [0.05, 0.1) is 17.9 Å². The Hall–Kier alpha value is -3.65. The van der Waals surface area contributed by atoms with Crippen LogP contribution in [0.4, 0.5) is 0 Å². The maximum absolute atomic E-state index is 12.8. The summed E-state index contributed by atoms with van der Waals surface area (Å²) in [6, 6.07) is 18.3. The summed E-state index contributed by atoms with van der Waals surface area (Å²) < 4.78 is 5.24. The maximum Gasteiger partial charge on any atom is 0.340 e. The lowest BCUT2D eigenvalue weighted by atomic mass is 9.92. The van der Waals surface area contributed by atoms with Crippen molar-refractivity contribution in [1.82, 2.24) is 4.98 Å². The fourth-order valence-electron chi connectivity index (χ4n) is 2.95. The van der Waals surface area contributed by atoms with E-state index in [-0.39, 0.29) is 17.7 Å². The Morgan fingerprint density at radius 1 is 1.07 bits per heavy atom. The molecule has 0 aliphatic carbocycles. The van der Waals surface area contributed by atoms with E-state index in [1.807, 2.05) is 43.3 Å². The molecule has 0 bridgehead atoms. The molecule has 134 valence electrons. The molecular formula is C22H18N2O3. The molecule has 1 N–H and O–H groups in total. The molecule has 0 atom stereocenters. The van der Waals surface area contributed by atoms with Crippen molar-refractivity contribution in [2.75, 3.05) is 6.61 Å². The number of hydrogen-bond acceptors (Lipinski definition) is 4. The maximum atomic E-state index is 12.8. The second-order valence-corrected chi connectivity index (χ2v) is 6.02. The van der Waals surface area contributed by atoms with Gasteiger partial charge in [0.15, 0.2) is 0 Å². The summed E-state index contributed by atoms with van der Waals surface area (Å²) in [7, 11) is 0. The van der Waals surface area contributed by atoms with E-state index in [1.54, 1.807) is 31.2 Å². The second-order valence-electron chi connectivity index (χ2n) is 6.02. The molecule has 0 fully saturated rings. The Kier molecular flexibility index (Phi) is 5.18. The highest BCUT2D eigenvalue weighted by Crippen LogP contribution is 2.32. The number of H-pyrrole nitrogens is 1. The van der Waals surface area contributed by atoms with Gasteiger partial charge < -0.3 is 9.72 Å². The molecule has 3 aromatic rings. The van der Waals surface area contributed by atoms with Crippen molar-refractivity contribution in [2.45, 2.75) is 13.8 Å². The lowest BCUT2D eigenvalue weighted by molar-refractivity contribution is 0.0527. The van der Waals surface area contributed by atoms with Crippen LogP contribution in [0.1, 0.15) is 28.4 Å². The Bertz CT molecular complexity index is 1080. The number of nitriles is 1. The van der Waals surface area contributed by atoms with Gasteiger partial charge in [-0.2, -0.15) is 5.26 Å². The van der Waals surface area contributed by atoms with Gasteiger partial charge in [0.25, 0.3) is 5.56 Å². The Morgan fingerprint density at radius 3 is 2.33 bits per heavy atom. The van der Waals surface area contributed by atoms with Gasteiger partial charge in [0.1, 0.15) is 11.6 Å². The highest BCUT2D eigenvalue weighted by molar-refractivity contribution is 6.04. The lowest BCUT2D eigenvalue weighted by Gasteiger charge is -2.15. The normalized spacial score (nSPS) is 10.3. The molecule has 5 nitrogen and oxygen atoms in total. The Morgan fingerprint density at radius 2 is 1.74 bits per heavy atom. The van der Waals surface area contributed by atoms with E-state index in [0.717, 1.165) is 5.56 Å². The molecule has 5 heteroatoms. The SMILES string of the molecule is CCOC(=O)c1c(-c2ccccc2)[nH]c(=O)c(C#N)c1-c1ccc(C)cc1. The number of ether oxygens (including phenoxy) is 1. The molecule has 0 saturated heterocycles. The van der Waals surface area contributed by atoms with Crippen molar-refractivity contribution in [2.24, 2.45) is 0 Å². The smallest absolute Gasteiger partial charge is 0.340 e. The van der Waals surface area contributed by atoms with Crippen LogP contribution >= 0.6 is 0 Å². The van der Waals surface area contributed by atoms with E-state index in [4.69, 9.17) is 4.74 Å². The van der Waals surface area contributed by atoms with Crippen LogP contribution in [0.5, 0.6) is 0 Å². The van der Waals surface area contributed by atoms with Gasteiger partial charge >= 0.3 is 5.97 Å². The summed E-state index contributed by atoms with van der Waals surface area (Å²) in [6.45, 7) is 3.83. The van der Waals surface area contributed by atoms with Gasteiger partial charge in [0, 0.05) is 5.56 Å². The zero-order valence-corrected chi connectivity index (χ0v) is 15.1. The van der Waals surface area contributed by atoms with E-state index >= 15 is 0 Å². The zero-order valence-electron chi connectivity index (χ0n) is 15.1. The van der Waals surface area contributed by atoms with Crippen LogP contribution in [0.2, 0.25) is 0 Å².